The molecule has 0 saturated heterocycles. The van der Waals surface area contributed by atoms with Crippen LogP contribution in [0.25, 0.3) is 0 Å². The van der Waals surface area contributed by atoms with Crippen LogP contribution in [0.5, 0.6) is 0 Å². The van der Waals surface area contributed by atoms with E-state index < -0.39 is 0 Å². The van der Waals surface area contributed by atoms with Gasteiger partial charge in [-0.15, -0.1) is 0 Å². The van der Waals surface area contributed by atoms with Crippen molar-refractivity contribution in [3.05, 3.63) is 95.6 Å². The Hall–Kier alpha value is -3.40. The molecule has 5 rings (SSSR count). The Labute approximate surface area is 182 Å². The van der Waals surface area contributed by atoms with Crippen LogP contribution in [-0.2, 0) is 9.59 Å². The summed E-state index contributed by atoms with van der Waals surface area (Å²) in [5, 5.41) is 6.12. The van der Waals surface area contributed by atoms with Crippen molar-refractivity contribution in [1.29, 1.82) is 0 Å². The first-order chi connectivity index (χ1) is 15.1. The number of hydrogen-bond acceptors (Lipinski definition) is 2. The molecule has 0 aromatic heterocycles. The molecule has 31 heavy (non-hydrogen) atoms. The third-order valence-electron chi connectivity index (χ3n) is 6.40. The minimum Gasteiger partial charge on any atom is -0.324 e. The van der Waals surface area contributed by atoms with Crippen LogP contribution >= 0.6 is 0 Å². The number of amides is 2. The minimum atomic E-state index is -0.0163. The number of rotatable bonds is 6. The topological polar surface area (TPSA) is 58.2 Å². The Morgan fingerprint density at radius 2 is 1.16 bits per heavy atom. The fourth-order valence-electron chi connectivity index (χ4n) is 4.43. The maximum absolute atomic E-state index is 12.9. The largest absolute Gasteiger partial charge is 0.324 e. The summed E-state index contributed by atoms with van der Waals surface area (Å²) in [5.41, 5.74) is 4.80. The number of hydrogen-bond donors (Lipinski definition) is 2. The molecule has 4 nitrogen and oxygen atoms in total. The predicted octanol–water partition coefficient (Wildman–Crippen LogP) is 5.48. The van der Waals surface area contributed by atoms with Crippen molar-refractivity contribution in [3.8, 4) is 0 Å². The molecular formula is C27H26N2O2. The second-order valence-electron chi connectivity index (χ2n) is 8.75. The van der Waals surface area contributed by atoms with E-state index in [9.17, 15) is 9.59 Å². The summed E-state index contributed by atoms with van der Waals surface area (Å²) >= 11 is 0. The van der Waals surface area contributed by atoms with Gasteiger partial charge < -0.3 is 10.6 Å². The molecule has 2 amide bonds. The van der Waals surface area contributed by atoms with Crippen molar-refractivity contribution in [3.63, 3.8) is 0 Å². The standard InChI is InChI=1S/C27H26N2O2/c1-17-12-13-24(28-26(30)22-15-20(22)18-8-4-2-5-9-18)25(14-17)29-27(31)23-16-21(23)19-10-6-3-7-11-19/h2-14,20-23H,15-16H2,1H3,(H,28,30)(H,29,31)/t20-,21-,22+,23-/m1/s1. The summed E-state index contributed by atoms with van der Waals surface area (Å²) in [6.07, 6.45) is 1.73. The lowest BCUT2D eigenvalue weighted by atomic mass is 10.1. The minimum absolute atomic E-state index is 0.0155. The zero-order valence-electron chi connectivity index (χ0n) is 17.5. The van der Waals surface area contributed by atoms with Gasteiger partial charge >= 0.3 is 0 Å². The Kier molecular flexibility index (Phi) is 5.06. The van der Waals surface area contributed by atoms with Crippen molar-refractivity contribution < 1.29 is 9.59 Å². The van der Waals surface area contributed by atoms with Crippen LogP contribution in [-0.4, -0.2) is 11.8 Å². The van der Waals surface area contributed by atoms with Gasteiger partial charge in [0.15, 0.2) is 0 Å². The van der Waals surface area contributed by atoms with E-state index >= 15 is 0 Å². The summed E-state index contributed by atoms with van der Waals surface area (Å²) in [6, 6.07) is 26.1. The average Bonchev–Trinajstić information content (AvgIpc) is 3.70. The summed E-state index contributed by atoms with van der Waals surface area (Å²) in [4.78, 5) is 25.7. The monoisotopic (exact) mass is 410 g/mol. The predicted molar refractivity (Wildman–Crippen MR) is 123 cm³/mol. The first-order valence-electron chi connectivity index (χ1n) is 10.9. The number of carbonyl (C=O) groups is 2. The third-order valence-corrected chi connectivity index (χ3v) is 6.40. The van der Waals surface area contributed by atoms with Gasteiger partial charge in [-0.1, -0.05) is 66.7 Å². The maximum atomic E-state index is 12.9. The van der Waals surface area contributed by atoms with E-state index in [-0.39, 0.29) is 35.5 Å². The molecule has 0 bridgehead atoms. The number of aryl methyl sites for hydroxylation is 1. The third kappa shape index (κ3) is 4.24. The van der Waals surface area contributed by atoms with Crippen LogP contribution in [0.15, 0.2) is 78.9 Å². The molecule has 0 spiro atoms. The number of carbonyl (C=O) groups excluding carboxylic acids is 2. The van der Waals surface area contributed by atoms with Crippen molar-refractivity contribution >= 4 is 23.2 Å². The maximum Gasteiger partial charge on any atom is 0.228 e. The molecular weight excluding hydrogens is 384 g/mol. The van der Waals surface area contributed by atoms with Crippen molar-refractivity contribution in [1.82, 2.24) is 0 Å². The Bertz CT molecular complexity index is 1110. The van der Waals surface area contributed by atoms with Crippen molar-refractivity contribution in [2.45, 2.75) is 31.6 Å². The first-order valence-corrected chi connectivity index (χ1v) is 10.9. The number of anilines is 2. The van der Waals surface area contributed by atoms with Crippen molar-refractivity contribution in [2.24, 2.45) is 11.8 Å². The lowest BCUT2D eigenvalue weighted by Crippen LogP contribution is -2.19. The van der Waals surface area contributed by atoms with Crippen LogP contribution in [0.2, 0.25) is 0 Å². The first kappa shape index (κ1) is 19.6. The highest BCUT2D eigenvalue weighted by atomic mass is 16.2. The lowest BCUT2D eigenvalue weighted by molar-refractivity contribution is -0.118. The summed E-state index contributed by atoms with van der Waals surface area (Å²) in [5.74, 6) is 0.561. The Balaban J connectivity index is 1.25. The molecule has 2 N–H and O–H groups in total. The van der Waals surface area contributed by atoms with Gasteiger partial charge in [0.2, 0.25) is 11.8 Å². The van der Waals surface area contributed by atoms with Crippen LogP contribution < -0.4 is 10.6 Å². The fraction of sp³-hybridized carbons (Fsp3) is 0.259. The molecule has 2 saturated carbocycles. The molecule has 3 aromatic carbocycles. The summed E-state index contributed by atoms with van der Waals surface area (Å²) < 4.78 is 0. The highest BCUT2D eigenvalue weighted by Crippen LogP contribution is 2.49. The van der Waals surface area contributed by atoms with E-state index in [0.29, 0.717) is 11.4 Å². The SMILES string of the molecule is Cc1ccc(NC(=O)[C@H]2C[C@@H]2c2ccccc2)c(NC(=O)[C@@H]2C[C@@H]2c2ccccc2)c1. The summed E-state index contributed by atoms with van der Waals surface area (Å²) in [7, 11) is 0. The van der Waals surface area contributed by atoms with Gasteiger partial charge in [0.1, 0.15) is 0 Å². The molecule has 0 heterocycles. The van der Waals surface area contributed by atoms with E-state index in [1.54, 1.807) is 0 Å². The highest BCUT2D eigenvalue weighted by molar-refractivity contribution is 6.02. The van der Waals surface area contributed by atoms with Gasteiger partial charge in [0.05, 0.1) is 11.4 Å². The molecule has 2 fully saturated rings. The zero-order chi connectivity index (χ0) is 21.4. The normalized spacial score (nSPS) is 23.6. The molecule has 3 aromatic rings. The molecule has 2 aliphatic carbocycles. The fourth-order valence-corrected chi connectivity index (χ4v) is 4.43. The molecule has 2 aliphatic rings. The van der Waals surface area contributed by atoms with Crippen molar-refractivity contribution in [2.75, 3.05) is 10.6 Å². The molecule has 0 aliphatic heterocycles. The molecule has 0 radical (unpaired) electrons. The van der Waals surface area contributed by atoms with Gasteiger partial charge in [0, 0.05) is 11.8 Å². The number of benzene rings is 3. The van der Waals surface area contributed by atoms with Gasteiger partial charge in [-0.2, -0.15) is 0 Å². The molecule has 156 valence electrons. The molecule has 4 atom stereocenters. The van der Waals surface area contributed by atoms with E-state index in [1.807, 2.05) is 61.5 Å². The van der Waals surface area contributed by atoms with E-state index in [4.69, 9.17) is 0 Å². The lowest BCUT2D eigenvalue weighted by Gasteiger charge is -2.14. The Morgan fingerprint density at radius 1 is 0.677 bits per heavy atom. The second kappa shape index (κ2) is 8.03. The van der Waals surface area contributed by atoms with Gasteiger partial charge in [0.25, 0.3) is 0 Å². The van der Waals surface area contributed by atoms with Crippen LogP contribution in [0, 0.1) is 18.8 Å². The number of nitrogens with one attached hydrogen (secondary N) is 2. The second-order valence-corrected chi connectivity index (χ2v) is 8.75. The van der Waals surface area contributed by atoms with E-state index in [0.717, 1.165) is 18.4 Å². The van der Waals surface area contributed by atoms with E-state index in [1.165, 1.54) is 11.1 Å². The van der Waals surface area contributed by atoms with Crippen LogP contribution in [0.4, 0.5) is 11.4 Å². The van der Waals surface area contributed by atoms with Crippen LogP contribution in [0.3, 0.4) is 0 Å². The smallest absolute Gasteiger partial charge is 0.228 e. The average molecular weight is 411 g/mol. The highest BCUT2D eigenvalue weighted by Gasteiger charge is 2.45. The van der Waals surface area contributed by atoms with E-state index in [2.05, 4.69) is 34.9 Å². The van der Waals surface area contributed by atoms with Gasteiger partial charge in [-0.25, -0.2) is 0 Å². The molecule has 4 heteroatoms. The van der Waals surface area contributed by atoms with Crippen LogP contribution in [0.1, 0.15) is 41.4 Å². The van der Waals surface area contributed by atoms with Gasteiger partial charge in [-0.3, -0.25) is 9.59 Å². The van der Waals surface area contributed by atoms with Gasteiger partial charge in [-0.05, 0) is 60.4 Å². The molecule has 0 unspecified atom stereocenters. The quantitative estimate of drug-likeness (QED) is 0.565. The summed E-state index contributed by atoms with van der Waals surface area (Å²) in [6.45, 7) is 1.98. The zero-order valence-corrected chi connectivity index (χ0v) is 17.5. The Morgan fingerprint density at radius 3 is 1.68 bits per heavy atom.